The van der Waals surface area contributed by atoms with Crippen molar-refractivity contribution < 1.29 is 13.2 Å². The van der Waals surface area contributed by atoms with Crippen molar-refractivity contribution in [2.24, 2.45) is 4.99 Å². The van der Waals surface area contributed by atoms with Gasteiger partial charge in [0, 0.05) is 10.0 Å². The molecule has 0 amide bonds. The average molecular weight is 335 g/mol. The first kappa shape index (κ1) is 13.8. The molecule has 1 rings (SSSR count). The van der Waals surface area contributed by atoms with Gasteiger partial charge >= 0.3 is 6.18 Å². The van der Waals surface area contributed by atoms with Crippen LogP contribution in [0.25, 0.3) is 0 Å². The molecule has 0 aliphatic rings. The molecule has 0 aliphatic carbocycles. The maximum atomic E-state index is 12.1. The molecule has 7 heteroatoms. The minimum atomic E-state index is -4.60. The standard InChI is InChI=1S/C9H5BrCl2F3N/c10-6-3-1-5(2-4-6)7(11)16-8(12)9(13,14)15/h1-4,8H. The van der Waals surface area contributed by atoms with E-state index < -0.39 is 11.7 Å². The van der Waals surface area contributed by atoms with Gasteiger partial charge in [0.2, 0.25) is 5.50 Å². The van der Waals surface area contributed by atoms with Crippen molar-refractivity contribution in [1.82, 2.24) is 0 Å². The Bertz CT molecular complexity index is 389. The van der Waals surface area contributed by atoms with Crippen LogP contribution in [0, 0.1) is 0 Å². The molecule has 1 aromatic carbocycles. The van der Waals surface area contributed by atoms with Gasteiger partial charge in [-0.15, -0.1) is 0 Å². The van der Waals surface area contributed by atoms with Gasteiger partial charge in [-0.3, -0.25) is 0 Å². The topological polar surface area (TPSA) is 12.4 Å². The van der Waals surface area contributed by atoms with Crippen molar-refractivity contribution in [2.75, 3.05) is 0 Å². The van der Waals surface area contributed by atoms with Crippen molar-refractivity contribution in [3.8, 4) is 0 Å². The van der Waals surface area contributed by atoms with Gasteiger partial charge in [-0.1, -0.05) is 51.3 Å². The van der Waals surface area contributed by atoms with E-state index in [1.54, 1.807) is 12.1 Å². The summed E-state index contributed by atoms with van der Waals surface area (Å²) in [6, 6.07) is 6.36. The Morgan fingerprint density at radius 2 is 1.75 bits per heavy atom. The highest BCUT2D eigenvalue weighted by Crippen LogP contribution is 2.27. The van der Waals surface area contributed by atoms with E-state index in [0.717, 1.165) is 4.47 Å². The average Bonchev–Trinajstić information content (AvgIpc) is 2.17. The van der Waals surface area contributed by atoms with Gasteiger partial charge in [0.05, 0.1) is 0 Å². The van der Waals surface area contributed by atoms with Crippen LogP contribution in [-0.2, 0) is 0 Å². The highest BCUT2D eigenvalue weighted by Gasteiger charge is 2.38. The lowest BCUT2D eigenvalue weighted by molar-refractivity contribution is -0.128. The Hall–Kier alpha value is -0.260. The Kier molecular flexibility index (Phi) is 4.64. The molecule has 1 aromatic rings. The number of rotatable bonds is 2. The minimum absolute atomic E-state index is 0.273. The van der Waals surface area contributed by atoms with E-state index >= 15 is 0 Å². The van der Waals surface area contributed by atoms with Crippen molar-refractivity contribution >= 4 is 44.3 Å². The van der Waals surface area contributed by atoms with Crippen molar-refractivity contribution in [1.29, 1.82) is 0 Å². The summed E-state index contributed by atoms with van der Waals surface area (Å²) < 4.78 is 37.0. The van der Waals surface area contributed by atoms with E-state index in [9.17, 15) is 13.2 Å². The molecule has 1 atom stereocenters. The van der Waals surface area contributed by atoms with Crippen LogP contribution in [0.1, 0.15) is 5.56 Å². The van der Waals surface area contributed by atoms with Gasteiger partial charge in [0.1, 0.15) is 5.17 Å². The van der Waals surface area contributed by atoms with Gasteiger partial charge in [-0.05, 0) is 12.1 Å². The molecular weight excluding hydrogens is 330 g/mol. The summed E-state index contributed by atoms with van der Waals surface area (Å²) in [7, 11) is 0. The minimum Gasteiger partial charge on any atom is -0.243 e. The summed E-state index contributed by atoms with van der Waals surface area (Å²) in [5, 5.41) is -0.273. The first-order valence-electron chi connectivity index (χ1n) is 4.00. The molecule has 0 aliphatic heterocycles. The number of hydrogen-bond acceptors (Lipinski definition) is 1. The number of alkyl halides is 4. The predicted molar refractivity (Wildman–Crippen MR) is 62.2 cm³/mol. The third-order valence-electron chi connectivity index (χ3n) is 1.58. The fourth-order valence-electron chi connectivity index (χ4n) is 0.835. The summed E-state index contributed by atoms with van der Waals surface area (Å²) >= 11 is 13.8. The number of aliphatic imine (C=N–C) groups is 1. The zero-order chi connectivity index (χ0) is 12.3. The monoisotopic (exact) mass is 333 g/mol. The van der Waals surface area contributed by atoms with Crippen LogP contribution >= 0.6 is 39.1 Å². The molecule has 0 saturated heterocycles. The summed E-state index contributed by atoms with van der Waals surface area (Å²) in [5.41, 5.74) is -1.96. The molecule has 0 saturated carbocycles. The Balaban J connectivity index is 2.89. The molecule has 0 spiro atoms. The highest BCUT2D eigenvalue weighted by molar-refractivity contribution is 9.10. The van der Waals surface area contributed by atoms with Crippen LogP contribution in [0.15, 0.2) is 33.7 Å². The van der Waals surface area contributed by atoms with E-state index in [1.165, 1.54) is 12.1 Å². The molecule has 16 heavy (non-hydrogen) atoms. The number of halogens is 6. The summed E-state index contributed by atoms with van der Waals surface area (Å²) in [4.78, 5) is 3.16. The van der Waals surface area contributed by atoms with Crippen LogP contribution < -0.4 is 0 Å². The van der Waals surface area contributed by atoms with E-state index in [-0.39, 0.29) is 5.17 Å². The molecule has 1 nitrogen and oxygen atoms in total. The molecule has 0 fully saturated rings. The lowest BCUT2D eigenvalue weighted by Gasteiger charge is -2.09. The summed E-state index contributed by atoms with van der Waals surface area (Å²) in [6.45, 7) is 0. The Labute approximate surface area is 108 Å². The van der Waals surface area contributed by atoms with Gasteiger partial charge < -0.3 is 0 Å². The third kappa shape index (κ3) is 3.96. The SMILES string of the molecule is FC(F)(F)C(Cl)N=C(Cl)c1ccc(Br)cc1. The summed E-state index contributed by atoms with van der Waals surface area (Å²) in [6.07, 6.45) is -4.60. The maximum absolute atomic E-state index is 12.1. The number of benzene rings is 1. The Morgan fingerprint density at radius 3 is 2.19 bits per heavy atom. The second kappa shape index (κ2) is 5.38. The predicted octanol–water partition coefficient (Wildman–Crippen LogP) is 4.56. The molecule has 0 radical (unpaired) electrons. The van der Waals surface area contributed by atoms with Crippen LogP contribution in [0.5, 0.6) is 0 Å². The van der Waals surface area contributed by atoms with E-state index in [0.29, 0.717) is 5.56 Å². The van der Waals surface area contributed by atoms with E-state index in [4.69, 9.17) is 23.2 Å². The molecule has 0 bridgehead atoms. The van der Waals surface area contributed by atoms with Crippen LogP contribution in [0.4, 0.5) is 13.2 Å². The molecule has 0 aromatic heterocycles. The Morgan fingerprint density at radius 1 is 1.25 bits per heavy atom. The van der Waals surface area contributed by atoms with Gasteiger partial charge in [-0.2, -0.15) is 13.2 Å². The fourth-order valence-corrected chi connectivity index (χ4v) is 1.47. The van der Waals surface area contributed by atoms with Crippen LogP contribution in [-0.4, -0.2) is 16.8 Å². The molecular formula is C9H5BrCl2F3N. The fraction of sp³-hybridized carbons (Fsp3) is 0.222. The molecule has 88 valence electrons. The quantitative estimate of drug-likeness (QED) is 0.427. The summed E-state index contributed by atoms with van der Waals surface area (Å²) in [5.74, 6) is 0. The normalized spacial score (nSPS) is 15.0. The smallest absolute Gasteiger partial charge is 0.243 e. The second-order valence-electron chi connectivity index (χ2n) is 2.80. The first-order chi connectivity index (χ1) is 7.30. The van der Waals surface area contributed by atoms with Crippen LogP contribution in [0.3, 0.4) is 0 Å². The highest BCUT2D eigenvalue weighted by atomic mass is 79.9. The zero-order valence-corrected chi connectivity index (χ0v) is 10.7. The van der Waals surface area contributed by atoms with Gasteiger partial charge in [0.15, 0.2) is 0 Å². The second-order valence-corrected chi connectivity index (χ2v) is 4.49. The van der Waals surface area contributed by atoms with Crippen LogP contribution in [0.2, 0.25) is 0 Å². The van der Waals surface area contributed by atoms with Crippen molar-refractivity contribution in [3.05, 3.63) is 34.3 Å². The van der Waals surface area contributed by atoms with Gasteiger partial charge in [0.25, 0.3) is 0 Å². The number of nitrogens with zero attached hydrogens (tertiary/aromatic N) is 1. The lowest BCUT2D eigenvalue weighted by atomic mass is 10.2. The maximum Gasteiger partial charge on any atom is 0.424 e. The van der Waals surface area contributed by atoms with E-state index in [1.807, 2.05) is 0 Å². The largest absolute Gasteiger partial charge is 0.424 e. The molecule has 0 heterocycles. The number of hydrogen-bond donors (Lipinski definition) is 0. The van der Waals surface area contributed by atoms with Crippen molar-refractivity contribution in [3.63, 3.8) is 0 Å². The van der Waals surface area contributed by atoms with E-state index in [2.05, 4.69) is 20.9 Å². The molecule has 0 N–H and O–H groups in total. The first-order valence-corrected chi connectivity index (χ1v) is 5.61. The molecule has 1 unspecified atom stereocenters. The lowest BCUT2D eigenvalue weighted by Crippen LogP contribution is -2.22. The van der Waals surface area contributed by atoms with Gasteiger partial charge in [-0.25, -0.2) is 4.99 Å². The zero-order valence-electron chi connectivity index (χ0n) is 7.60. The third-order valence-corrected chi connectivity index (χ3v) is 2.77. The van der Waals surface area contributed by atoms with Crippen molar-refractivity contribution in [2.45, 2.75) is 11.7 Å².